The van der Waals surface area contributed by atoms with Gasteiger partial charge < -0.3 is 0 Å². The number of hydrogen-bond donors (Lipinski definition) is 1. The molecular weight excluding hydrogens is 318 g/mol. The van der Waals surface area contributed by atoms with Gasteiger partial charge in [0.25, 0.3) is 0 Å². The monoisotopic (exact) mass is 331 g/mol. The van der Waals surface area contributed by atoms with Gasteiger partial charge >= 0.3 is 10.2 Å². The Balaban J connectivity index is 3.12. The van der Waals surface area contributed by atoms with Crippen molar-refractivity contribution in [2.24, 2.45) is 0 Å². The molecule has 0 spiro atoms. The number of rotatable bonds is 5. The third-order valence-electron chi connectivity index (χ3n) is 2.39. The Bertz CT molecular complexity index is 562. The van der Waals surface area contributed by atoms with Crippen LogP contribution >= 0.6 is 15.9 Å². The average Bonchev–Trinajstić information content (AvgIpc) is 2.29. The van der Waals surface area contributed by atoms with E-state index in [2.05, 4.69) is 20.7 Å². The van der Waals surface area contributed by atoms with Crippen LogP contribution in [0, 0.1) is 11.3 Å². The Morgan fingerprint density at radius 2 is 2.00 bits per heavy atom. The van der Waals surface area contributed by atoms with Crippen molar-refractivity contribution < 1.29 is 8.42 Å². The normalized spacial score (nSPS) is 11.3. The highest BCUT2D eigenvalue weighted by molar-refractivity contribution is 9.10. The van der Waals surface area contributed by atoms with Crippen LogP contribution in [-0.4, -0.2) is 25.8 Å². The molecule has 0 bridgehead atoms. The zero-order valence-corrected chi connectivity index (χ0v) is 12.5. The third-order valence-corrected chi connectivity index (χ3v) is 4.55. The summed E-state index contributed by atoms with van der Waals surface area (Å²) in [6, 6.07) is 6.77. The van der Waals surface area contributed by atoms with Crippen molar-refractivity contribution in [1.82, 2.24) is 4.31 Å². The Morgan fingerprint density at radius 3 is 2.50 bits per heavy atom. The lowest BCUT2D eigenvalue weighted by Crippen LogP contribution is -2.35. The molecule has 1 aromatic carbocycles. The first kappa shape index (κ1) is 15.0. The van der Waals surface area contributed by atoms with Crippen molar-refractivity contribution >= 4 is 31.8 Å². The van der Waals surface area contributed by atoms with Gasteiger partial charge in [0.15, 0.2) is 0 Å². The van der Waals surface area contributed by atoms with Crippen LogP contribution in [0.15, 0.2) is 22.7 Å². The molecule has 0 aliphatic rings. The molecule has 0 heterocycles. The summed E-state index contributed by atoms with van der Waals surface area (Å²) in [7, 11) is -3.61. The number of nitriles is 1. The molecule has 0 saturated carbocycles. The molecular formula is C11H14BrN3O2S. The van der Waals surface area contributed by atoms with Crippen molar-refractivity contribution in [2.75, 3.05) is 17.8 Å². The molecule has 1 rings (SSSR count). The quantitative estimate of drug-likeness (QED) is 0.899. The van der Waals surface area contributed by atoms with Gasteiger partial charge in [-0.3, -0.25) is 4.72 Å². The summed E-state index contributed by atoms with van der Waals surface area (Å²) in [5.74, 6) is 0. The minimum Gasteiger partial charge on any atom is -0.270 e. The molecule has 0 fully saturated rings. The van der Waals surface area contributed by atoms with E-state index in [4.69, 9.17) is 5.26 Å². The van der Waals surface area contributed by atoms with E-state index in [9.17, 15) is 8.42 Å². The molecule has 98 valence electrons. The molecule has 0 aliphatic heterocycles. The van der Waals surface area contributed by atoms with Gasteiger partial charge in [-0.2, -0.15) is 18.0 Å². The van der Waals surface area contributed by atoms with Crippen LogP contribution in [0.3, 0.4) is 0 Å². The number of anilines is 1. The SMILES string of the molecule is CCN(CC)S(=O)(=O)Nc1cc(Br)ccc1C#N. The van der Waals surface area contributed by atoms with Gasteiger partial charge in [0.05, 0.1) is 11.3 Å². The molecule has 0 saturated heterocycles. The highest BCUT2D eigenvalue weighted by atomic mass is 79.9. The van der Waals surface area contributed by atoms with Gasteiger partial charge in [-0.15, -0.1) is 0 Å². The van der Waals surface area contributed by atoms with Crippen LogP contribution in [0.5, 0.6) is 0 Å². The summed E-state index contributed by atoms with van der Waals surface area (Å²) in [5.41, 5.74) is 0.563. The van der Waals surface area contributed by atoms with Gasteiger partial charge in [0, 0.05) is 17.6 Å². The van der Waals surface area contributed by atoms with Crippen LogP contribution in [0.2, 0.25) is 0 Å². The topological polar surface area (TPSA) is 73.2 Å². The third kappa shape index (κ3) is 3.45. The molecule has 0 atom stereocenters. The second kappa shape index (κ2) is 6.18. The molecule has 18 heavy (non-hydrogen) atoms. The number of hydrogen-bond acceptors (Lipinski definition) is 3. The van der Waals surface area contributed by atoms with Gasteiger partial charge in [-0.25, -0.2) is 0 Å². The highest BCUT2D eigenvalue weighted by Crippen LogP contribution is 2.22. The molecule has 0 radical (unpaired) electrons. The fourth-order valence-electron chi connectivity index (χ4n) is 1.47. The number of nitrogens with zero attached hydrogens (tertiary/aromatic N) is 2. The lowest BCUT2D eigenvalue weighted by Gasteiger charge is -2.19. The molecule has 1 N–H and O–H groups in total. The summed E-state index contributed by atoms with van der Waals surface area (Å²) >= 11 is 3.25. The van der Waals surface area contributed by atoms with E-state index in [1.54, 1.807) is 32.0 Å². The van der Waals surface area contributed by atoms with Crippen molar-refractivity contribution in [2.45, 2.75) is 13.8 Å². The smallest absolute Gasteiger partial charge is 0.270 e. The summed E-state index contributed by atoms with van der Waals surface area (Å²) < 4.78 is 28.5. The average molecular weight is 332 g/mol. The second-order valence-corrected chi connectivity index (χ2v) is 6.08. The predicted molar refractivity (Wildman–Crippen MR) is 74.3 cm³/mol. The van der Waals surface area contributed by atoms with Gasteiger partial charge in [0.1, 0.15) is 6.07 Å². The highest BCUT2D eigenvalue weighted by Gasteiger charge is 2.19. The lowest BCUT2D eigenvalue weighted by atomic mass is 10.2. The summed E-state index contributed by atoms with van der Waals surface area (Å²) in [5, 5.41) is 8.95. The van der Waals surface area contributed by atoms with E-state index in [-0.39, 0.29) is 11.3 Å². The molecule has 7 heteroatoms. The van der Waals surface area contributed by atoms with Crippen LogP contribution in [0.4, 0.5) is 5.69 Å². The maximum atomic E-state index is 12.0. The van der Waals surface area contributed by atoms with E-state index in [0.717, 1.165) is 0 Å². The molecule has 0 unspecified atom stereocenters. The number of nitrogens with one attached hydrogen (secondary N) is 1. The van der Waals surface area contributed by atoms with E-state index in [1.165, 1.54) is 4.31 Å². The standard InChI is InChI=1S/C11H14BrN3O2S/c1-3-15(4-2)18(16,17)14-11-7-10(12)6-5-9(11)8-13/h5-7,14H,3-4H2,1-2H3. The van der Waals surface area contributed by atoms with E-state index in [0.29, 0.717) is 17.6 Å². The predicted octanol–water partition coefficient (Wildman–Crippen LogP) is 2.32. The number of benzene rings is 1. The zero-order valence-electron chi connectivity index (χ0n) is 10.1. The Labute approximate surface area is 116 Å². The van der Waals surface area contributed by atoms with Crippen molar-refractivity contribution in [3.8, 4) is 6.07 Å². The molecule has 0 aromatic heterocycles. The van der Waals surface area contributed by atoms with E-state index >= 15 is 0 Å². The summed E-state index contributed by atoms with van der Waals surface area (Å²) in [6.45, 7) is 4.27. The zero-order chi connectivity index (χ0) is 13.8. The Hall–Kier alpha value is -1.10. The summed E-state index contributed by atoms with van der Waals surface area (Å²) in [4.78, 5) is 0. The maximum absolute atomic E-state index is 12.0. The van der Waals surface area contributed by atoms with Gasteiger partial charge in [-0.1, -0.05) is 29.8 Å². The lowest BCUT2D eigenvalue weighted by molar-refractivity contribution is 0.449. The first-order valence-electron chi connectivity index (χ1n) is 5.42. The van der Waals surface area contributed by atoms with Crippen LogP contribution in [-0.2, 0) is 10.2 Å². The fourth-order valence-corrected chi connectivity index (χ4v) is 3.08. The van der Waals surface area contributed by atoms with Crippen molar-refractivity contribution in [3.05, 3.63) is 28.2 Å². The van der Waals surface area contributed by atoms with E-state index < -0.39 is 10.2 Å². The van der Waals surface area contributed by atoms with Gasteiger partial charge in [-0.05, 0) is 18.2 Å². The Kier molecular flexibility index (Phi) is 5.14. The molecule has 1 aromatic rings. The van der Waals surface area contributed by atoms with Crippen LogP contribution < -0.4 is 4.72 Å². The summed E-state index contributed by atoms with van der Waals surface area (Å²) in [6.07, 6.45) is 0. The minimum atomic E-state index is -3.61. The van der Waals surface area contributed by atoms with Crippen LogP contribution in [0.25, 0.3) is 0 Å². The molecule has 0 aliphatic carbocycles. The van der Waals surface area contributed by atoms with Crippen LogP contribution in [0.1, 0.15) is 19.4 Å². The Morgan fingerprint density at radius 1 is 1.39 bits per heavy atom. The first-order valence-corrected chi connectivity index (χ1v) is 7.65. The van der Waals surface area contributed by atoms with E-state index in [1.807, 2.05) is 6.07 Å². The second-order valence-electron chi connectivity index (χ2n) is 3.49. The minimum absolute atomic E-state index is 0.277. The fraction of sp³-hybridized carbons (Fsp3) is 0.364. The number of halogens is 1. The first-order chi connectivity index (χ1) is 8.44. The maximum Gasteiger partial charge on any atom is 0.301 e. The van der Waals surface area contributed by atoms with Gasteiger partial charge in [0.2, 0.25) is 0 Å². The largest absolute Gasteiger partial charge is 0.301 e. The molecule has 0 amide bonds. The van der Waals surface area contributed by atoms with Crippen molar-refractivity contribution in [1.29, 1.82) is 5.26 Å². The van der Waals surface area contributed by atoms with Crippen molar-refractivity contribution in [3.63, 3.8) is 0 Å². The molecule has 5 nitrogen and oxygen atoms in total.